The fraction of sp³-hybridized carbons (Fsp3) is 0.308. The summed E-state index contributed by atoms with van der Waals surface area (Å²) in [6.45, 7) is 6.03. The van der Waals surface area contributed by atoms with Gasteiger partial charge in [0.15, 0.2) is 0 Å². The van der Waals surface area contributed by atoms with E-state index in [2.05, 4.69) is 25.4 Å². The predicted octanol–water partition coefficient (Wildman–Crippen LogP) is 1.90. The van der Waals surface area contributed by atoms with E-state index in [1.54, 1.807) is 12.1 Å². The monoisotopic (exact) mass is 275 g/mol. The number of carbonyl (C=O) groups is 1. The number of hydrogen-bond donors (Lipinski definition) is 3. The Hall–Kier alpha value is -2.41. The van der Waals surface area contributed by atoms with Crippen LogP contribution in [0.1, 0.15) is 36.8 Å². The molecule has 1 amide bonds. The smallest absolute Gasteiger partial charge is 0.255 e. The van der Waals surface area contributed by atoms with Crippen molar-refractivity contribution in [1.29, 1.82) is 0 Å². The minimum absolute atomic E-state index is 0.195. The fourth-order valence-corrected chi connectivity index (χ4v) is 1.59. The molecule has 0 aliphatic rings. The first-order valence-electron chi connectivity index (χ1n) is 6.10. The highest BCUT2D eigenvalue weighted by Gasteiger charge is 2.19. The zero-order chi connectivity index (χ0) is 14.8. The van der Waals surface area contributed by atoms with Gasteiger partial charge in [-0.05, 0) is 12.1 Å². The number of nitrogen functional groups attached to an aromatic ring is 1. The van der Waals surface area contributed by atoms with Crippen LogP contribution >= 0.6 is 0 Å². The lowest BCUT2D eigenvalue weighted by Crippen LogP contribution is -2.20. The van der Waals surface area contributed by atoms with Crippen molar-refractivity contribution in [1.82, 2.24) is 10.1 Å². The number of nitrogens with one attached hydrogen (secondary N) is 2. The molecule has 0 saturated carbocycles. The van der Waals surface area contributed by atoms with Gasteiger partial charge < -0.3 is 15.3 Å². The molecular formula is C13H17N5O2. The largest absolute Gasteiger partial charge is 0.363 e. The van der Waals surface area contributed by atoms with Gasteiger partial charge in [0, 0.05) is 16.7 Å². The highest BCUT2D eigenvalue weighted by atomic mass is 16.5. The van der Waals surface area contributed by atoms with Crippen molar-refractivity contribution >= 4 is 17.4 Å². The Balaban J connectivity index is 2.33. The maximum atomic E-state index is 12.2. The van der Waals surface area contributed by atoms with E-state index in [1.165, 1.54) is 12.5 Å². The maximum Gasteiger partial charge on any atom is 0.255 e. The van der Waals surface area contributed by atoms with Gasteiger partial charge in [0.1, 0.15) is 17.8 Å². The molecule has 0 atom stereocenters. The maximum absolute atomic E-state index is 12.2. The molecule has 0 spiro atoms. The minimum Gasteiger partial charge on any atom is -0.363 e. The fourth-order valence-electron chi connectivity index (χ4n) is 1.59. The third-order valence-corrected chi connectivity index (χ3v) is 2.69. The van der Waals surface area contributed by atoms with Gasteiger partial charge in [-0.3, -0.25) is 4.79 Å². The highest BCUT2D eigenvalue weighted by Crippen LogP contribution is 2.23. The van der Waals surface area contributed by atoms with Gasteiger partial charge >= 0.3 is 0 Å². The van der Waals surface area contributed by atoms with Crippen LogP contribution in [0.5, 0.6) is 0 Å². The van der Waals surface area contributed by atoms with Gasteiger partial charge in [-0.25, -0.2) is 10.8 Å². The molecule has 0 aliphatic carbocycles. The number of hydrogen-bond acceptors (Lipinski definition) is 6. The van der Waals surface area contributed by atoms with Gasteiger partial charge in [0.2, 0.25) is 0 Å². The van der Waals surface area contributed by atoms with Gasteiger partial charge in [0.25, 0.3) is 5.91 Å². The number of hydrazine groups is 1. The van der Waals surface area contributed by atoms with Gasteiger partial charge in [-0.1, -0.05) is 25.9 Å². The van der Waals surface area contributed by atoms with Crippen molar-refractivity contribution in [3.63, 3.8) is 0 Å². The summed E-state index contributed by atoms with van der Waals surface area (Å²) in [5.74, 6) is 5.56. The molecule has 106 valence electrons. The van der Waals surface area contributed by atoms with Crippen LogP contribution in [-0.2, 0) is 5.41 Å². The highest BCUT2D eigenvalue weighted by molar-refractivity contribution is 6.04. The molecule has 2 heterocycles. The van der Waals surface area contributed by atoms with Crippen LogP contribution in [-0.4, -0.2) is 16.0 Å². The van der Waals surface area contributed by atoms with E-state index in [9.17, 15) is 4.79 Å². The lowest BCUT2D eigenvalue weighted by molar-refractivity contribution is 0.102. The average molecular weight is 275 g/mol. The number of aromatic nitrogens is 2. The second-order valence-corrected chi connectivity index (χ2v) is 5.39. The summed E-state index contributed by atoms with van der Waals surface area (Å²) in [7, 11) is 0. The second kappa shape index (κ2) is 5.30. The molecule has 2 rings (SSSR count). The molecule has 0 aromatic carbocycles. The third-order valence-electron chi connectivity index (χ3n) is 2.69. The number of amides is 1. The summed E-state index contributed by atoms with van der Waals surface area (Å²) in [6.07, 6.45) is 2.78. The van der Waals surface area contributed by atoms with Crippen LogP contribution in [0, 0.1) is 0 Å². The Bertz CT molecular complexity index is 602. The molecule has 0 unspecified atom stereocenters. The van der Waals surface area contributed by atoms with Crippen LogP contribution < -0.4 is 16.6 Å². The number of carbonyl (C=O) groups excluding carboxylic acids is 1. The molecule has 2 aromatic heterocycles. The molecule has 7 heteroatoms. The molecular weight excluding hydrogens is 258 g/mol. The van der Waals surface area contributed by atoms with Crippen molar-refractivity contribution in [2.45, 2.75) is 26.2 Å². The summed E-state index contributed by atoms with van der Waals surface area (Å²) >= 11 is 0. The number of rotatable bonds is 3. The summed E-state index contributed by atoms with van der Waals surface area (Å²) in [6, 6.07) is 3.32. The first-order valence-corrected chi connectivity index (χ1v) is 6.10. The van der Waals surface area contributed by atoms with Crippen LogP contribution in [0.15, 0.2) is 29.1 Å². The van der Waals surface area contributed by atoms with Crippen LogP contribution in [0.3, 0.4) is 0 Å². The number of pyridine rings is 1. The van der Waals surface area contributed by atoms with Crippen LogP contribution in [0.4, 0.5) is 11.5 Å². The summed E-state index contributed by atoms with van der Waals surface area (Å²) < 4.78 is 4.66. The summed E-state index contributed by atoms with van der Waals surface area (Å²) in [4.78, 5) is 16.5. The number of anilines is 2. The molecule has 0 radical (unpaired) electrons. The quantitative estimate of drug-likeness (QED) is 0.583. The Kier molecular flexibility index (Phi) is 3.71. The molecule has 7 nitrogen and oxygen atoms in total. The predicted molar refractivity (Wildman–Crippen MR) is 75.2 cm³/mol. The van der Waals surface area contributed by atoms with E-state index < -0.39 is 0 Å². The Labute approximate surface area is 116 Å². The molecule has 0 fully saturated rings. The average Bonchev–Trinajstić information content (AvgIpc) is 2.90. The first kappa shape index (κ1) is 14.0. The SMILES string of the molecule is CC(C)(C)c1cc(C(=O)Nc2cnoc2)cc(NN)n1. The zero-order valence-corrected chi connectivity index (χ0v) is 11.6. The Morgan fingerprint density at radius 1 is 1.35 bits per heavy atom. The van der Waals surface area contributed by atoms with Crippen LogP contribution in [0.25, 0.3) is 0 Å². The van der Waals surface area contributed by atoms with Crippen molar-refractivity contribution in [2.24, 2.45) is 5.84 Å². The molecule has 2 aromatic rings. The topological polar surface area (TPSA) is 106 Å². The first-order chi connectivity index (χ1) is 9.40. The van der Waals surface area contributed by atoms with Crippen molar-refractivity contribution in [2.75, 3.05) is 10.7 Å². The molecule has 4 N–H and O–H groups in total. The normalized spacial score (nSPS) is 11.2. The number of nitrogens with two attached hydrogens (primary N) is 1. The lowest BCUT2D eigenvalue weighted by atomic mass is 9.90. The van der Waals surface area contributed by atoms with Gasteiger partial charge in [0.05, 0.1) is 6.20 Å². The van der Waals surface area contributed by atoms with E-state index in [0.29, 0.717) is 17.1 Å². The van der Waals surface area contributed by atoms with Crippen LogP contribution in [0.2, 0.25) is 0 Å². The van der Waals surface area contributed by atoms with E-state index in [-0.39, 0.29) is 11.3 Å². The Morgan fingerprint density at radius 2 is 2.10 bits per heavy atom. The van der Waals surface area contributed by atoms with Crippen molar-refractivity contribution in [3.8, 4) is 0 Å². The van der Waals surface area contributed by atoms with E-state index in [0.717, 1.165) is 5.69 Å². The van der Waals surface area contributed by atoms with E-state index in [4.69, 9.17) is 5.84 Å². The number of nitrogens with zero attached hydrogens (tertiary/aromatic N) is 2. The lowest BCUT2D eigenvalue weighted by Gasteiger charge is -2.19. The van der Waals surface area contributed by atoms with Crippen molar-refractivity contribution in [3.05, 3.63) is 35.9 Å². The molecule has 0 saturated heterocycles. The summed E-state index contributed by atoms with van der Waals surface area (Å²) in [5, 5.41) is 6.20. The third kappa shape index (κ3) is 3.12. The second-order valence-electron chi connectivity index (χ2n) is 5.39. The molecule has 0 aliphatic heterocycles. The van der Waals surface area contributed by atoms with Crippen molar-refractivity contribution < 1.29 is 9.32 Å². The molecule has 0 bridgehead atoms. The Morgan fingerprint density at radius 3 is 2.65 bits per heavy atom. The van der Waals surface area contributed by atoms with E-state index >= 15 is 0 Å². The van der Waals surface area contributed by atoms with Gasteiger partial charge in [-0.15, -0.1) is 0 Å². The van der Waals surface area contributed by atoms with Gasteiger partial charge in [-0.2, -0.15) is 0 Å². The minimum atomic E-state index is -0.280. The standard InChI is InChI=1S/C13H17N5O2/c1-13(2,3)10-4-8(5-11(17-10)18-14)12(19)16-9-6-15-20-7-9/h4-7H,14H2,1-3H3,(H,16,19)(H,17,18). The molecule has 20 heavy (non-hydrogen) atoms. The zero-order valence-electron chi connectivity index (χ0n) is 11.6. The van der Waals surface area contributed by atoms with E-state index in [1.807, 2.05) is 20.8 Å². The summed E-state index contributed by atoms with van der Waals surface area (Å²) in [5.41, 5.74) is 3.99.